The average Bonchev–Trinajstić information content (AvgIpc) is 2.55. The smallest absolute Gasteiger partial charge is 0.307 e. The molecule has 0 aliphatic heterocycles. The topological polar surface area (TPSA) is 88.4 Å². The largest absolute Gasteiger partial charge is 0.481 e. The van der Waals surface area contributed by atoms with E-state index in [4.69, 9.17) is 5.11 Å². The Labute approximate surface area is 145 Å². The SMILES string of the molecule is O=C(O)[C@@H]1CC[C@H]1C(=O)NC(Cn1ccccc1=O)c1ccccc1. The molecule has 0 radical (unpaired) electrons. The van der Waals surface area contributed by atoms with Crippen LogP contribution in [0.15, 0.2) is 59.5 Å². The van der Waals surface area contributed by atoms with Crippen LogP contribution < -0.4 is 10.9 Å². The van der Waals surface area contributed by atoms with Crippen LogP contribution in [0, 0.1) is 11.8 Å². The Kier molecular flexibility index (Phi) is 4.97. The zero-order valence-corrected chi connectivity index (χ0v) is 13.7. The van der Waals surface area contributed by atoms with Gasteiger partial charge in [-0.1, -0.05) is 36.4 Å². The molecule has 1 saturated carbocycles. The Morgan fingerprint density at radius 3 is 2.36 bits per heavy atom. The van der Waals surface area contributed by atoms with Gasteiger partial charge in [0.2, 0.25) is 5.91 Å². The highest BCUT2D eigenvalue weighted by molar-refractivity contribution is 5.86. The molecule has 1 aliphatic carbocycles. The number of hydrogen-bond donors (Lipinski definition) is 2. The van der Waals surface area contributed by atoms with Crippen LogP contribution in [0.5, 0.6) is 0 Å². The van der Waals surface area contributed by atoms with Crippen LogP contribution in [0.4, 0.5) is 0 Å². The van der Waals surface area contributed by atoms with E-state index in [1.54, 1.807) is 18.3 Å². The summed E-state index contributed by atoms with van der Waals surface area (Å²) in [7, 11) is 0. The molecule has 0 spiro atoms. The van der Waals surface area contributed by atoms with Gasteiger partial charge < -0.3 is 15.0 Å². The first-order chi connectivity index (χ1) is 12.1. The Morgan fingerprint density at radius 2 is 1.76 bits per heavy atom. The fourth-order valence-corrected chi connectivity index (χ4v) is 3.12. The van der Waals surface area contributed by atoms with E-state index in [1.165, 1.54) is 10.6 Å². The molecule has 1 heterocycles. The summed E-state index contributed by atoms with van der Waals surface area (Å²) < 4.78 is 1.54. The number of rotatable bonds is 6. The van der Waals surface area contributed by atoms with Crippen molar-refractivity contribution in [2.45, 2.75) is 25.4 Å². The number of hydrogen-bond acceptors (Lipinski definition) is 3. The minimum absolute atomic E-state index is 0.148. The van der Waals surface area contributed by atoms with Gasteiger partial charge in [-0.15, -0.1) is 0 Å². The van der Waals surface area contributed by atoms with Crippen molar-refractivity contribution in [1.29, 1.82) is 0 Å². The summed E-state index contributed by atoms with van der Waals surface area (Å²) in [6, 6.07) is 13.9. The lowest BCUT2D eigenvalue weighted by Crippen LogP contribution is -2.46. The predicted octanol–water partition coefficient (Wildman–Crippen LogP) is 1.82. The number of carbonyl (C=O) groups is 2. The number of carboxylic acids is 1. The molecule has 3 atom stereocenters. The van der Waals surface area contributed by atoms with Crippen LogP contribution in [0.1, 0.15) is 24.4 Å². The first-order valence-corrected chi connectivity index (χ1v) is 8.30. The third kappa shape index (κ3) is 3.79. The molecule has 2 N–H and O–H groups in total. The molecule has 1 aliphatic rings. The number of nitrogens with zero attached hydrogens (tertiary/aromatic N) is 1. The van der Waals surface area contributed by atoms with Crippen molar-refractivity contribution in [3.8, 4) is 0 Å². The highest BCUT2D eigenvalue weighted by atomic mass is 16.4. The van der Waals surface area contributed by atoms with Crippen molar-refractivity contribution < 1.29 is 14.7 Å². The zero-order chi connectivity index (χ0) is 17.8. The molecule has 0 saturated heterocycles. The monoisotopic (exact) mass is 340 g/mol. The summed E-state index contributed by atoms with van der Waals surface area (Å²) in [5, 5.41) is 12.1. The minimum atomic E-state index is -0.929. The first kappa shape index (κ1) is 17.0. The molecule has 1 unspecified atom stereocenters. The van der Waals surface area contributed by atoms with E-state index < -0.39 is 23.8 Å². The maximum absolute atomic E-state index is 12.5. The van der Waals surface area contributed by atoms with Gasteiger partial charge in [-0.2, -0.15) is 0 Å². The second kappa shape index (κ2) is 7.34. The van der Waals surface area contributed by atoms with Gasteiger partial charge in [0, 0.05) is 12.3 Å². The minimum Gasteiger partial charge on any atom is -0.481 e. The number of aromatic nitrogens is 1. The average molecular weight is 340 g/mol. The van der Waals surface area contributed by atoms with E-state index in [1.807, 2.05) is 30.3 Å². The Bertz CT molecular complexity index is 815. The molecule has 2 aromatic rings. The van der Waals surface area contributed by atoms with Gasteiger partial charge >= 0.3 is 5.97 Å². The van der Waals surface area contributed by atoms with Gasteiger partial charge in [0.05, 0.1) is 24.4 Å². The second-order valence-corrected chi connectivity index (χ2v) is 6.29. The van der Waals surface area contributed by atoms with Crippen molar-refractivity contribution in [3.05, 3.63) is 70.6 Å². The quantitative estimate of drug-likeness (QED) is 0.839. The molecule has 1 aromatic heterocycles. The first-order valence-electron chi connectivity index (χ1n) is 8.30. The molecular weight excluding hydrogens is 320 g/mol. The number of carbonyl (C=O) groups excluding carboxylic acids is 1. The number of aliphatic carboxylic acids is 1. The molecule has 0 bridgehead atoms. The van der Waals surface area contributed by atoms with Crippen molar-refractivity contribution in [1.82, 2.24) is 9.88 Å². The molecule has 25 heavy (non-hydrogen) atoms. The summed E-state index contributed by atoms with van der Waals surface area (Å²) in [6.07, 6.45) is 2.78. The molecular formula is C19H20N2O4. The standard InChI is InChI=1S/C19H20N2O4/c22-17-8-4-5-11-21(17)12-16(13-6-2-1-3-7-13)20-18(23)14-9-10-15(14)19(24)25/h1-8,11,14-16H,9-10,12H2,(H,20,23)(H,24,25)/t14-,15-,16?/m1/s1. The van der Waals surface area contributed by atoms with Gasteiger partial charge in [-0.3, -0.25) is 14.4 Å². The van der Waals surface area contributed by atoms with Gasteiger partial charge in [0.15, 0.2) is 0 Å². The van der Waals surface area contributed by atoms with Crippen molar-refractivity contribution in [2.75, 3.05) is 0 Å². The fourth-order valence-electron chi connectivity index (χ4n) is 3.12. The summed E-state index contributed by atoms with van der Waals surface area (Å²) in [4.78, 5) is 35.7. The molecule has 1 aromatic carbocycles. The fraction of sp³-hybridized carbons (Fsp3) is 0.316. The van der Waals surface area contributed by atoms with Crippen LogP contribution in [-0.2, 0) is 16.1 Å². The van der Waals surface area contributed by atoms with Crippen LogP contribution >= 0.6 is 0 Å². The lowest BCUT2D eigenvalue weighted by atomic mass is 9.73. The van der Waals surface area contributed by atoms with Gasteiger partial charge in [0.25, 0.3) is 5.56 Å². The number of carboxylic acid groups (broad SMARTS) is 1. The van der Waals surface area contributed by atoms with Gasteiger partial charge in [0.1, 0.15) is 0 Å². The number of benzene rings is 1. The lowest BCUT2D eigenvalue weighted by Gasteiger charge is -2.33. The van der Waals surface area contributed by atoms with Crippen LogP contribution in [0.2, 0.25) is 0 Å². The van der Waals surface area contributed by atoms with E-state index >= 15 is 0 Å². The molecule has 6 nitrogen and oxygen atoms in total. The maximum atomic E-state index is 12.5. The van der Waals surface area contributed by atoms with E-state index in [9.17, 15) is 14.4 Å². The third-order valence-electron chi connectivity index (χ3n) is 4.73. The maximum Gasteiger partial charge on any atom is 0.307 e. The third-order valence-corrected chi connectivity index (χ3v) is 4.73. The molecule has 130 valence electrons. The van der Waals surface area contributed by atoms with E-state index in [0.717, 1.165) is 5.56 Å². The highest BCUT2D eigenvalue weighted by Gasteiger charge is 2.41. The van der Waals surface area contributed by atoms with E-state index in [-0.39, 0.29) is 11.5 Å². The van der Waals surface area contributed by atoms with Crippen molar-refractivity contribution in [2.24, 2.45) is 11.8 Å². The molecule has 6 heteroatoms. The van der Waals surface area contributed by atoms with Crippen LogP contribution in [0.3, 0.4) is 0 Å². The predicted molar refractivity (Wildman–Crippen MR) is 91.9 cm³/mol. The summed E-state index contributed by atoms with van der Waals surface area (Å²) in [5.41, 5.74) is 0.725. The van der Waals surface area contributed by atoms with Gasteiger partial charge in [-0.25, -0.2) is 0 Å². The summed E-state index contributed by atoms with van der Waals surface area (Å²) >= 11 is 0. The van der Waals surface area contributed by atoms with E-state index in [0.29, 0.717) is 19.4 Å². The van der Waals surface area contributed by atoms with Gasteiger partial charge in [-0.05, 0) is 24.5 Å². The summed E-state index contributed by atoms with van der Waals surface area (Å²) in [6.45, 7) is 0.292. The number of nitrogens with one attached hydrogen (secondary N) is 1. The van der Waals surface area contributed by atoms with Crippen LogP contribution in [0.25, 0.3) is 0 Å². The molecule has 1 fully saturated rings. The Hall–Kier alpha value is -2.89. The second-order valence-electron chi connectivity index (χ2n) is 6.29. The van der Waals surface area contributed by atoms with Crippen molar-refractivity contribution in [3.63, 3.8) is 0 Å². The Morgan fingerprint density at radius 1 is 1.08 bits per heavy atom. The van der Waals surface area contributed by atoms with E-state index in [2.05, 4.69) is 5.32 Å². The van der Waals surface area contributed by atoms with Crippen molar-refractivity contribution >= 4 is 11.9 Å². The number of amides is 1. The molecule has 3 rings (SSSR count). The highest BCUT2D eigenvalue weighted by Crippen LogP contribution is 2.35. The normalized spacial score (nSPS) is 20.3. The Balaban J connectivity index is 1.80. The summed E-state index contributed by atoms with van der Waals surface area (Å²) in [5.74, 6) is -2.31. The lowest BCUT2D eigenvalue weighted by molar-refractivity contribution is -0.153. The molecule has 1 amide bonds. The van der Waals surface area contributed by atoms with Crippen LogP contribution in [-0.4, -0.2) is 21.6 Å². The number of pyridine rings is 1. The zero-order valence-electron chi connectivity index (χ0n) is 13.7.